The zero-order chi connectivity index (χ0) is 16.9. The Morgan fingerprint density at radius 1 is 1.41 bits per heavy atom. The first-order chi connectivity index (χ1) is 10.2. The molecule has 0 aliphatic carbocycles. The van der Waals surface area contributed by atoms with E-state index in [1.54, 1.807) is 13.8 Å². The maximum absolute atomic E-state index is 11.9. The summed E-state index contributed by atoms with van der Waals surface area (Å²) >= 11 is 5.86. The van der Waals surface area contributed by atoms with E-state index in [1.165, 1.54) is 12.1 Å². The first-order valence-electron chi connectivity index (χ1n) is 6.43. The number of nitro groups is 1. The highest BCUT2D eigenvalue weighted by molar-refractivity contribution is 6.33. The van der Waals surface area contributed by atoms with Crippen molar-refractivity contribution in [3.63, 3.8) is 0 Å². The van der Waals surface area contributed by atoms with Gasteiger partial charge in [0.2, 0.25) is 5.91 Å². The summed E-state index contributed by atoms with van der Waals surface area (Å²) in [5.41, 5.74) is -0.163. The fourth-order valence-corrected chi connectivity index (χ4v) is 1.89. The van der Waals surface area contributed by atoms with Gasteiger partial charge in [-0.15, -0.1) is 0 Å². The number of nitrogens with one attached hydrogen (secondary N) is 2. The van der Waals surface area contributed by atoms with Crippen molar-refractivity contribution in [2.24, 2.45) is 0 Å². The lowest BCUT2D eigenvalue weighted by molar-refractivity contribution is -0.384. The molecule has 1 amide bonds. The van der Waals surface area contributed by atoms with E-state index in [2.05, 4.69) is 10.6 Å². The van der Waals surface area contributed by atoms with Gasteiger partial charge in [0.25, 0.3) is 5.69 Å². The third-order valence-corrected chi connectivity index (χ3v) is 2.99. The molecule has 1 rings (SSSR count). The molecular weight excluding hydrogens is 314 g/mol. The maximum atomic E-state index is 11.9. The van der Waals surface area contributed by atoms with E-state index < -0.39 is 22.8 Å². The van der Waals surface area contributed by atoms with Gasteiger partial charge < -0.3 is 15.7 Å². The average Bonchev–Trinajstić information content (AvgIpc) is 2.39. The molecule has 9 heteroatoms. The molecule has 0 radical (unpaired) electrons. The number of aliphatic carboxylic acids is 1. The largest absolute Gasteiger partial charge is 0.480 e. The van der Waals surface area contributed by atoms with Crippen LogP contribution in [0.15, 0.2) is 18.2 Å². The van der Waals surface area contributed by atoms with Crippen LogP contribution in [0.5, 0.6) is 0 Å². The third kappa shape index (κ3) is 5.30. The summed E-state index contributed by atoms with van der Waals surface area (Å²) in [5.74, 6) is -1.77. The first-order valence-corrected chi connectivity index (χ1v) is 6.81. The Hall–Kier alpha value is -2.19. The molecular formula is C13H16ClN3O5. The van der Waals surface area contributed by atoms with Crippen LogP contribution >= 0.6 is 11.6 Å². The summed E-state index contributed by atoms with van der Waals surface area (Å²) in [7, 11) is 0. The lowest BCUT2D eigenvalue weighted by Crippen LogP contribution is -2.43. The fraction of sp³-hybridized carbons (Fsp3) is 0.385. The van der Waals surface area contributed by atoms with Crippen LogP contribution in [-0.4, -0.2) is 34.0 Å². The standard InChI is InChI=1S/C13H16ClN3O5/c1-7(2)15-11(13(19)20)6-12(18)16-10-5-8(17(21)22)3-4-9(10)14/h3-5,7,11,15H,6H2,1-2H3,(H,16,18)(H,19,20). The predicted molar refractivity (Wildman–Crippen MR) is 81.0 cm³/mol. The monoisotopic (exact) mass is 329 g/mol. The summed E-state index contributed by atoms with van der Waals surface area (Å²) in [6, 6.07) is 2.44. The van der Waals surface area contributed by atoms with E-state index >= 15 is 0 Å². The van der Waals surface area contributed by atoms with Crippen molar-refractivity contribution in [1.29, 1.82) is 0 Å². The number of rotatable bonds is 7. The van der Waals surface area contributed by atoms with Crippen LogP contribution in [0.4, 0.5) is 11.4 Å². The van der Waals surface area contributed by atoms with E-state index in [0.717, 1.165) is 6.07 Å². The van der Waals surface area contributed by atoms with Crippen LogP contribution in [-0.2, 0) is 9.59 Å². The molecule has 1 unspecified atom stereocenters. The van der Waals surface area contributed by atoms with Crippen LogP contribution in [0.1, 0.15) is 20.3 Å². The van der Waals surface area contributed by atoms with Gasteiger partial charge in [-0.25, -0.2) is 0 Å². The highest BCUT2D eigenvalue weighted by atomic mass is 35.5. The quantitative estimate of drug-likeness (QED) is 0.519. The Labute approximate surface area is 131 Å². The van der Waals surface area contributed by atoms with E-state index in [9.17, 15) is 19.7 Å². The summed E-state index contributed by atoms with van der Waals surface area (Å²) in [6.45, 7) is 3.51. The normalized spacial score (nSPS) is 12.0. The zero-order valence-electron chi connectivity index (χ0n) is 12.0. The number of hydrogen-bond donors (Lipinski definition) is 3. The molecule has 0 saturated heterocycles. The fourth-order valence-electron chi connectivity index (χ4n) is 1.73. The molecule has 0 fully saturated rings. The number of non-ortho nitro benzene ring substituents is 1. The van der Waals surface area contributed by atoms with Gasteiger partial charge in [-0.3, -0.25) is 19.7 Å². The number of carboxylic acids is 1. The summed E-state index contributed by atoms with van der Waals surface area (Å²) in [4.78, 5) is 33.1. The van der Waals surface area contributed by atoms with Crippen LogP contribution in [0.2, 0.25) is 5.02 Å². The minimum atomic E-state index is -1.16. The van der Waals surface area contributed by atoms with Gasteiger partial charge in [0.15, 0.2) is 0 Å². The lowest BCUT2D eigenvalue weighted by atomic mass is 10.1. The van der Waals surface area contributed by atoms with Crippen molar-refractivity contribution in [2.45, 2.75) is 32.4 Å². The molecule has 8 nitrogen and oxygen atoms in total. The number of carboxylic acid groups (broad SMARTS) is 1. The summed E-state index contributed by atoms with van der Waals surface area (Å²) in [5, 5.41) is 25.0. The molecule has 120 valence electrons. The maximum Gasteiger partial charge on any atom is 0.321 e. The topological polar surface area (TPSA) is 122 Å². The Balaban J connectivity index is 2.81. The molecule has 0 aliphatic heterocycles. The molecule has 0 spiro atoms. The van der Waals surface area contributed by atoms with Crippen molar-refractivity contribution >= 4 is 34.9 Å². The Bertz CT molecular complexity index is 591. The molecule has 0 aromatic heterocycles. The predicted octanol–water partition coefficient (Wildman–Crippen LogP) is 2.03. The van der Waals surface area contributed by atoms with Crippen molar-refractivity contribution in [1.82, 2.24) is 5.32 Å². The van der Waals surface area contributed by atoms with Crippen LogP contribution < -0.4 is 10.6 Å². The summed E-state index contributed by atoms with van der Waals surface area (Å²) < 4.78 is 0. The number of carbonyl (C=O) groups excluding carboxylic acids is 1. The highest BCUT2D eigenvalue weighted by Gasteiger charge is 2.22. The number of benzene rings is 1. The Morgan fingerprint density at radius 3 is 2.55 bits per heavy atom. The third-order valence-electron chi connectivity index (χ3n) is 2.66. The minimum absolute atomic E-state index is 0.0644. The van der Waals surface area contributed by atoms with Gasteiger partial charge in [-0.05, 0) is 6.07 Å². The van der Waals surface area contributed by atoms with Crippen molar-refractivity contribution in [3.8, 4) is 0 Å². The molecule has 1 aromatic rings. The van der Waals surface area contributed by atoms with Crippen molar-refractivity contribution in [3.05, 3.63) is 33.3 Å². The van der Waals surface area contributed by atoms with Gasteiger partial charge >= 0.3 is 5.97 Å². The van der Waals surface area contributed by atoms with E-state index in [0.29, 0.717) is 0 Å². The Kier molecular flexibility index (Phi) is 6.26. The van der Waals surface area contributed by atoms with Gasteiger partial charge in [-0.1, -0.05) is 25.4 Å². The number of anilines is 1. The second-order valence-corrected chi connectivity index (χ2v) is 5.29. The van der Waals surface area contributed by atoms with Crippen LogP contribution in [0.3, 0.4) is 0 Å². The highest BCUT2D eigenvalue weighted by Crippen LogP contribution is 2.26. The Morgan fingerprint density at radius 2 is 2.05 bits per heavy atom. The lowest BCUT2D eigenvalue weighted by Gasteiger charge is -2.17. The van der Waals surface area contributed by atoms with Crippen LogP contribution in [0, 0.1) is 10.1 Å². The second-order valence-electron chi connectivity index (χ2n) is 4.89. The van der Waals surface area contributed by atoms with Gasteiger partial charge in [0, 0.05) is 18.2 Å². The number of hydrogen-bond acceptors (Lipinski definition) is 5. The van der Waals surface area contributed by atoms with Crippen LogP contribution in [0.25, 0.3) is 0 Å². The second kappa shape index (κ2) is 7.71. The molecule has 0 heterocycles. The zero-order valence-corrected chi connectivity index (χ0v) is 12.8. The molecule has 1 atom stereocenters. The van der Waals surface area contributed by atoms with Gasteiger partial charge in [0.1, 0.15) is 6.04 Å². The number of nitrogens with zero attached hydrogens (tertiary/aromatic N) is 1. The van der Waals surface area contributed by atoms with E-state index in [1.807, 2.05) is 0 Å². The number of halogens is 1. The molecule has 0 bridgehead atoms. The smallest absolute Gasteiger partial charge is 0.321 e. The van der Waals surface area contributed by atoms with Crippen molar-refractivity contribution in [2.75, 3.05) is 5.32 Å². The van der Waals surface area contributed by atoms with Crippen molar-refractivity contribution < 1.29 is 19.6 Å². The average molecular weight is 330 g/mol. The van der Waals surface area contributed by atoms with E-state index in [-0.39, 0.29) is 28.9 Å². The number of nitro benzene ring substituents is 1. The molecule has 22 heavy (non-hydrogen) atoms. The number of carbonyl (C=O) groups is 2. The SMILES string of the molecule is CC(C)NC(CC(=O)Nc1cc([N+](=O)[O-])ccc1Cl)C(=O)O. The molecule has 3 N–H and O–H groups in total. The first kappa shape index (κ1) is 17.9. The van der Waals surface area contributed by atoms with Gasteiger partial charge in [0.05, 0.1) is 22.1 Å². The van der Waals surface area contributed by atoms with Gasteiger partial charge in [-0.2, -0.15) is 0 Å². The summed E-state index contributed by atoms with van der Waals surface area (Å²) in [6.07, 6.45) is -0.327. The molecule has 1 aromatic carbocycles. The minimum Gasteiger partial charge on any atom is -0.480 e. The van der Waals surface area contributed by atoms with E-state index in [4.69, 9.17) is 16.7 Å². The number of amides is 1. The molecule has 0 aliphatic rings. The molecule has 0 saturated carbocycles.